The normalized spacial score (nSPS) is 10.1. The van der Waals surface area contributed by atoms with E-state index in [9.17, 15) is 4.79 Å². The summed E-state index contributed by atoms with van der Waals surface area (Å²) in [6, 6.07) is 12.7. The Morgan fingerprint density at radius 1 is 1.21 bits per heavy atom. The van der Waals surface area contributed by atoms with Crippen molar-refractivity contribution in [3.05, 3.63) is 58.1 Å². The van der Waals surface area contributed by atoms with Crippen molar-refractivity contribution in [2.24, 2.45) is 5.84 Å². The number of para-hydroxylation sites is 1. The van der Waals surface area contributed by atoms with Crippen LogP contribution in [-0.2, 0) is 0 Å². The SMILES string of the molecule is Cc1cc(NC(=O)c2ccccc2NN)ccc1Br. The predicted octanol–water partition coefficient (Wildman–Crippen LogP) is 3.30. The third-order valence-electron chi connectivity index (χ3n) is 2.74. The summed E-state index contributed by atoms with van der Waals surface area (Å²) in [7, 11) is 0. The Kier molecular flexibility index (Phi) is 4.19. The summed E-state index contributed by atoms with van der Waals surface area (Å²) >= 11 is 3.42. The Balaban J connectivity index is 2.23. The number of hydrogen-bond acceptors (Lipinski definition) is 3. The lowest BCUT2D eigenvalue weighted by atomic mass is 10.1. The number of rotatable bonds is 3. The number of halogens is 1. The average Bonchev–Trinajstić information content (AvgIpc) is 2.43. The number of carbonyl (C=O) groups excluding carboxylic acids is 1. The van der Waals surface area contributed by atoms with Crippen molar-refractivity contribution >= 4 is 33.2 Å². The Bertz CT molecular complexity index is 613. The molecule has 0 radical (unpaired) electrons. The van der Waals surface area contributed by atoms with Crippen LogP contribution in [0.25, 0.3) is 0 Å². The molecule has 0 aliphatic heterocycles. The van der Waals surface area contributed by atoms with Gasteiger partial charge in [-0.05, 0) is 42.8 Å². The van der Waals surface area contributed by atoms with E-state index in [1.165, 1.54) is 0 Å². The number of aryl methyl sites for hydroxylation is 1. The quantitative estimate of drug-likeness (QED) is 0.600. The predicted molar refractivity (Wildman–Crippen MR) is 81.1 cm³/mol. The van der Waals surface area contributed by atoms with Crippen LogP contribution in [0.3, 0.4) is 0 Å². The van der Waals surface area contributed by atoms with Gasteiger partial charge in [0, 0.05) is 10.2 Å². The van der Waals surface area contributed by atoms with E-state index in [0.717, 1.165) is 15.7 Å². The fraction of sp³-hybridized carbons (Fsp3) is 0.0714. The monoisotopic (exact) mass is 319 g/mol. The second-order valence-corrected chi connectivity index (χ2v) is 4.96. The third-order valence-corrected chi connectivity index (χ3v) is 3.63. The lowest BCUT2D eigenvalue weighted by Crippen LogP contribution is -2.17. The molecule has 0 heterocycles. The highest BCUT2D eigenvalue weighted by atomic mass is 79.9. The van der Waals surface area contributed by atoms with Crippen LogP contribution in [0.2, 0.25) is 0 Å². The molecule has 98 valence electrons. The van der Waals surface area contributed by atoms with Gasteiger partial charge >= 0.3 is 0 Å². The van der Waals surface area contributed by atoms with Gasteiger partial charge in [0.15, 0.2) is 0 Å². The molecule has 2 aromatic rings. The van der Waals surface area contributed by atoms with Crippen LogP contribution < -0.4 is 16.6 Å². The van der Waals surface area contributed by atoms with Crippen molar-refractivity contribution in [2.45, 2.75) is 6.92 Å². The molecule has 1 amide bonds. The Morgan fingerprint density at radius 2 is 1.95 bits per heavy atom. The first-order valence-electron chi connectivity index (χ1n) is 5.75. The maximum Gasteiger partial charge on any atom is 0.257 e. The van der Waals surface area contributed by atoms with Crippen LogP contribution in [0.1, 0.15) is 15.9 Å². The van der Waals surface area contributed by atoms with Crippen molar-refractivity contribution in [1.82, 2.24) is 0 Å². The van der Waals surface area contributed by atoms with Crippen LogP contribution in [0, 0.1) is 6.92 Å². The van der Waals surface area contributed by atoms with Crippen molar-refractivity contribution < 1.29 is 4.79 Å². The molecule has 2 aromatic carbocycles. The van der Waals surface area contributed by atoms with Crippen LogP contribution >= 0.6 is 15.9 Å². The minimum absolute atomic E-state index is 0.199. The summed E-state index contributed by atoms with van der Waals surface area (Å²) in [6.07, 6.45) is 0. The minimum Gasteiger partial charge on any atom is -0.323 e. The van der Waals surface area contributed by atoms with Gasteiger partial charge in [0.05, 0.1) is 11.3 Å². The van der Waals surface area contributed by atoms with Crippen LogP contribution in [0.4, 0.5) is 11.4 Å². The van der Waals surface area contributed by atoms with Crippen LogP contribution in [0.15, 0.2) is 46.9 Å². The smallest absolute Gasteiger partial charge is 0.257 e. The molecular weight excluding hydrogens is 306 g/mol. The molecule has 19 heavy (non-hydrogen) atoms. The molecule has 4 nitrogen and oxygen atoms in total. The van der Waals surface area contributed by atoms with Gasteiger partial charge in [-0.25, -0.2) is 0 Å². The van der Waals surface area contributed by atoms with Gasteiger partial charge in [0.2, 0.25) is 0 Å². The fourth-order valence-corrected chi connectivity index (χ4v) is 1.97. The van der Waals surface area contributed by atoms with E-state index in [1.54, 1.807) is 18.2 Å². The largest absolute Gasteiger partial charge is 0.323 e. The number of anilines is 2. The zero-order chi connectivity index (χ0) is 13.8. The summed E-state index contributed by atoms with van der Waals surface area (Å²) in [4.78, 5) is 12.2. The lowest BCUT2D eigenvalue weighted by Gasteiger charge is -2.10. The van der Waals surface area contributed by atoms with E-state index in [1.807, 2.05) is 31.2 Å². The molecule has 5 heteroatoms. The summed E-state index contributed by atoms with van der Waals surface area (Å²) in [5, 5.41) is 2.85. The Labute approximate surface area is 120 Å². The molecule has 0 aliphatic rings. The van der Waals surface area contributed by atoms with Gasteiger partial charge in [-0.3, -0.25) is 10.6 Å². The van der Waals surface area contributed by atoms with Crippen LogP contribution in [0.5, 0.6) is 0 Å². The summed E-state index contributed by atoms with van der Waals surface area (Å²) in [5.74, 6) is 5.19. The number of hydrogen-bond donors (Lipinski definition) is 3. The molecule has 0 bridgehead atoms. The Morgan fingerprint density at radius 3 is 2.63 bits per heavy atom. The molecule has 0 fully saturated rings. The molecule has 0 aromatic heterocycles. The lowest BCUT2D eigenvalue weighted by molar-refractivity contribution is 0.102. The van der Waals surface area contributed by atoms with E-state index in [-0.39, 0.29) is 5.91 Å². The number of benzene rings is 2. The maximum atomic E-state index is 12.2. The number of nitrogens with two attached hydrogens (primary N) is 1. The first-order chi connectivity index (χ1) is 9.11. The molecule has 0 atom stereocenters. The molecule has 4 N–H and O–H groups in total. The highest BCUT2D eigenvalue weighted by molar-refractivity contribution is 9.10. The fourth-order valence-electron chi connectivity index (χ4n) is 1.73. The van der Waals surface area contributed by atoms with Gasteiger partial charge in [-0.15, -0.1) is 0 Å². The highest BCUT2D eigenvalue weighted by Crippen LogP contribution is 2.21. The average molecular weight is 320 g/mol. The van der Waals surface area contributed by atoms with Gasteiger partial charge < -0.3 is 10.7 Å². The van der Waals surface area contributed by atoms with Crippen molar-refractivity contribution in [3.8, 4) is 0 Å². The van der Waals surface area contributed by atoms with E-state index < -0.39 is 0 Å². The molecule has 0 unspecified atom stereocenters. The number of nitrogens with one attached hydrogen (secondary N) is 2. The Hall–Kier alpha value is -1.85. The number of carbonyl (C=O) groups is 1. The summed E-state index contributed by atoms with van der Waals surface area (Å²) < 4.78 is 1.01. The first kappa shape index (κ1) is 13.6. The molecule has 2 rings (SSSR count). The number of nitrogen functional groups attached to an aromatic ring is 1. The number of hydrazine groups is 1. The van der Waals surface area contributed by atoms with Gasteiger partial charge in [-0.1, -0.05) is 28.1 Å². The zero-order valence-electron chi connectivity index (χ0n) is 10.4. The summed E-state index contributed by atoms with van der Waals surface area (Å²) in [5.41, 5.74) is 5.42. The standard InChI is InChI=1S/C14H14BrN3O/c1-9-8-10(6-7-12(9)15)17-14(19)11-4-2-3-5-13(11)18-16/h2-8,18H,16H2,1H3,(H,17,19). The van der Waals surface area contributed by atoms with Crippen molar-refractivity contribution in [3.63, 3.8) is 0 Å². The maximum absolute atomic E-state index is 12.2. The number of amides is 1. The molecular formula is C14H14BrN3O. The second-order valence-electron chi connectivity index (χ2n) is 4.11. The molecule has 0 spiro atoms. The van der Waals surface area contributed by atoms with E-state index >= 15 is 0 Å². The van der Waals surface area contributed by atoms with Gasteiger partial charge in [-0.2, -0.15) is 0 Å². The second kappa shape index (κ2) is 5.86. The van der Waals surface area contributed by atoms with Crippen molar-refractivity contribution in [1.29, 1.82) is 0 Å². The third kappa shape index (κ3) is 3.13. The van der Waals surface area contributed by atoms with Gasteiger partial charge in [0.25, 0.3) is 5.91 Å². The van der Waals surface area contributed by atoms with E-state index in [2.05, 4.69) is 26.7 Å². The van der Waals surface area contributed by atoms with Crippen molar-refractivity contribution in [2.75, 3.05) is 10.7 Å². The van der Waals surface area contributed by atoms with Gasteiger partial charge in [0.1, 0.15) is 0 Å². The topological polar surface area (TPSA) is 67.2 Å². The van der Waals surface area contributed by atoms with Crippen LogP contribution in [-0.4, -0.2) is 5.91 Å². The molecule has 0 aliphatic carbocycles. The van der Waals surface area contributed by atoms with E-state index in [0.29, 0.717) is 11.3 Å². The molecule has 0 saturated carbocycles. The zero-order valence-corrected chi connectivity index (χ0v) is 12.0. The first-order valence-corrected chi connectivity index (χ1v) is 6.54. The van der Waals surface area contributed by atoms with E-state index in [4.69, 9.17) is 5.84 Å². The molecule has 0 saturated heterocycles. The highest BCUT2D eigenvalue weighted by Gasteiger charge is 2.10. The minimum atomic E-state index is -0.199. The summed E-state index contributed by atoms with van der Waals surface area (Å²) in [6.45, 7) is 1.97.